The van der Waals surface area contributed by atoms with Gasteiger partial charge in [0.15, 0.2) is 0 Å². The van der Waals surface area contributed by atoms with Gasteiger partial charge in [0, 0.05) is 50.0 Å². The summed E-state index contributed by atoms with van der Waals surface area (Å²) >= 11 is 0. The van der Waals surface area contributed by atoms with E-state index in [4.69, 9.17) is 0 Å². The van der Waals surface area contributed by atoms with Crippen LogP contribution in [0.5, 0.6) is 0 Å². The second kappa shape index (κ2) is 8.18. The Bertz CT molecular complexity index is 1090. The summed E-state index contributed by atoms with van der Waals surface area (Å²) in [6, 6.07) is 15.3. The molecule has 1 saturated heterocycles. The Morgan fingerprint density at radius 3 is 2.24 bits per heavy atom. The van der Waals surface area contributed by atoms with Crippen LogP contribution in [-0.2, 0) is 10.0 Å². The Labute approximate surface area is 171 Å². The van der Waals surface area contributed by atoms with Gasteiger partial charge in [-0.15, -0.1) is 0 Å². The highest BCUT2D eigenvalue weighted by Gasteiger charge is 2.26. The van der Waals surface area contributed by atoms with E-state index in [0.29, 0.717) is 32.0 Å². The summed E-state index contributed by atoms with van der Waals surface area (Å²) in [5, 5.41) is 1.29. The molecule has 0 aliphatic carbocycles. The first-order chi connectivity index (χ1) is 14.0. The molecule has 1 aliphatic heterocycles. The molecule has 8 heteroatoms. The van der Waals surface area contributed by atoms with Gasteiger partial charge in [0.05, 0.1) is 0 Å². The number of hydrogen-bond acceptors (Lipinski definition) is 5. The van der Waals surface area contributed by atoms with E-state index < -0.39 is 10.0 Å². The molecule has 0 atom stereocenters. The Hall–Kier alpha value is -2.97. The standard InChI is InChI=1S/C21H23N5O2S/c1-18-22-20(24-10-5-6-11-24)17-21(23-18)25-12-14-26(15-13-25)29(27,28)16-9-19-7-3-2-4-8-19/h2-11,16-17H,12-15H2,1H3/b16-9+. The molecule has 0 amide bonds. The van der Waals surface area contributed by atoms with Crippen LogP contribution in [-0.4, -0.2) is 53.4 Å². The Morgan fingerprint density at radius 2 is 1.55 bits per heavy atom. The van der Waals surface area contributed by atoms with Crippen LogP contribution < -0.4 is 4.90 Å². The quantitative estimate of drug-likeness (QED) is 0.648. The SMILES string of the molecule is Cc1nc(N2CCN(S(=O)(=O)/C=C/c3ccccc3)CC2)cc(-n2cccc2)n1. The number of aryl methyl sites for hydroxylation is 1. The minimum Gasteiger partial charge on any atom is -0.354 e. The zero-order chi connectivity index (χ0) is 20.3. The minimum atomic E-state index is -3.45. The molecule has 1 aliphatic rings. The summed E-state index contributed by atoms with van der Waals surface area (Å²) in [6.07, 6.45) is 5.52. The van der Waals surface area contributed by atoms with E-state index in [0.717, 1.165) is 17.2 Å². The first-order valence-electron chi connectivity index (χ1n) is 9.48. The van der Waals surface area contributed by atoms with Crippen LogP contribution in [0.1, 0.15) is 11.4 Å². The summed E-state index contributed by atoms with van der Waals surface area (Å²) in [6.45, 7) is 3.87. The number of piperazine rings is 1. The van der Waals surface area contributed by atoms with Gasteiger partial charge in [-0.05, 0) is 30.7 Å². The molecular weight excluding hydrogens is 386 g/mol. The molecule has 0 spiro atoms. The first kappa shape index (κ1) is 19.4. The highest BCUT2D eigenvalue weighted by molar-refractivity contribution is 7.92. The zero-order valence-corrected chi connectivity index (χ0v) is 17.0. The molecule has 7 nitrogen and oxygen atoms in total. The zero-order valence-electron chi connectivity index (χ0n) is 16.2. The lowest BCUT2D eigenvalue weighted by Gasteiger charge is -2.34. The number of benzene rings is 1. The highest BCUT2D eigenvalue weighted by atomic mass is 32.2. The number of aromatic nitrogens is 3. The fraction of sp³-hybridized carbons (Fsp3) is 0.238. The van der Waals surface area contributed by atoms with Crippen molar-refractivity contribution >= 4 is 21.9 Å². The van der Waals surface area contributed by atoms with E-state index >= 15 is 0 Å². The highest BCUT2D eigenvalue weighted by Crippen LogP contribution is 2.19. The Kier molecular flexibility index (Phi) is 5.46. The Balaban J connectivity index is 1.45. The van der Waals surface area contributed by atoms with Gasteiger partial charge in [-0.25, -0.2) is 18.4 Å². The molecule has 3 aromatic rings. The number of hydrogen-bond donors (Lipinski definition) is 0. The smallest absolute Gasteiger partial charge is 0.236 e. The van der Waals surface area contributed by atoms with E-state index in [1.54, 1.807) is 6.08 Å². The van der Waals surface area contributed by atoms with Gasteiger partial charge in [-0.3, -0.25) is 0 Å². The fourth-order valence-electron chi connectivity index (χ4n) is 3.30. The summed E-state index contributed by atoms with van der Waals surface area (Å²) in [4.78, 5) is 11.1. The summed E-state index contributed by atoms with van der Waals surface area (Å²) in [5.74, 6) is 2.31. The maximum absolute atomic E-state index is 12.7. The second-order valence-corrected chi connectivity index (χ2v) is 8.68. The van der Waals surface area contributed by atoms with Crippen molar-refractivity contribution < 1.29 is 8.42 Å². The summed E-state index contributed by atoms with van der Waals surface area (Å²) < 4.78 is 28.8. The number of nitrogens with zero attached hydrogens (tertiary/aromatic N) is 5. The Morgan fingerprint density at radius 1 is 0.897 bits per heavy atom. The molecule has 3 heterocycles. The average Bonchev–Trinajstić information content (AvgIpc) is 3.28. The van der Waals surface area contributed by atoms with Crippen LogP contribution in [0, 0.1) is 6.92 Å². The van der Waals surface area contributed by atoms with Crippen LogP contribution in [0.2, 0.25) is 0 Å². The van der Waals surface area contributed by atoms with Crippen molar-refractivity contribution in [3.8, 4) is 5.82 Å². The predicted octanol–water partition coefficient (Wildman–Crippen LogP) is 2.70. The van der Waals surface area contributed by atoms with Gasteiger partial charge < -0.3 is 9.47 Å². The lowest BCUT2D eigenvalue weighted by molar-refractivity contribution is 0.388. The van der Waals surface area contributed by atoms with Gasteiger partial charge in [0.25, 0.3) is 0 Å². The lowest BCUT2D eigenvalue weighted by atomic mass is 10.2. The van der Waals surface area contributed by atoms with E-state index in [-0.39, 0.29) is 0 Å². The monoisotopic (exact) mass is 409 g/mol. The molecule has 0 N–H and O–H groups in total. The van der Waals surface area contributed by atoms with Crippen molar-refractivity contribution in [1.29, 1.82) is 0 Å². The predicted molar refractivity (Wildman–Crippen MR) is 114 cm³/mol. The maximum atomic E-state index is 12.7. The van der Waals surface area contributed by atoms with Gasteiger partial charge in [-0.1, -0.05) is 30.3 Å². The molecule has 1 aromatic carbocycles. The van der Waals surface area contributed by atoms with Crippen molar-refractivity contribution in [3.05, 3.63) is 77.7 Å². The molecule has 1 fully saturated rings. The van der Waals surface area contributed by atoms with Crippen LogP contribution in [0.25, 0.3) is 11.9 Å². The molecule has 2 aromatic heterocycles. The molecule has 4 rings (SSSR count). The molecule has 0 saturated carbocycles. The van der Waals surface area contributed by atoms with E-state index in [1.165, 1.54) is 9.71 Å². The maximum Gasteiger partial charge on any atom is 0.236 e. The van der Waals surface area contributed by atoms with Gasteiger partial charge in [0.1, 0.15) is 17.5 Å². The number of sulfonamides is 1. The van der Waals surface area contributed by atoms with Gasteiger partial charge >= 0.3 is 0 Å². The van der Waals surface area contributed by atoms with Crippen molar-refractivity contribution in [2.24, 2.45) is 0 Å². The fourth-order valence-corrected chi connectivity index (χ4v) is 4.48. The normalized spacial score (nSPS) is 15.8. The molecule has 29 heavy (non-hydrogen) atoms. The van der Waals surface area contributed by atoms with Gasteiger partial charge in [0.2, 0.25) is 10.0 Å². The summed E-state index contributed by atoms with van der Waals surface area (Å²) in [5.41, 5.74) is 0.865. The van der Waals surface area contributed by atoms with Crippen molar-refractivity contribution in [2.45, 2.75) is 6.92 Å². The van der Waals surface area contributed by atoms with Crippen molar-refractivity contribution in [2.75, 3.05) is 31.1 Å². The first-order valence-corrected chi connectivity index (χ1v) is 11.0. The summed E-state index contributed by atoms with van der Waals surface area (Å²) in [7, 11) is -3.45. The number of rotatable bonds is 5. The second-order valence-electron chi connectivity index (χ2n) is 6.87. The third-order valence-corrected chi connectivity index (χ3v) is 6.40. The average molecular weight is 410 g/mol. The van der Waals surface area contributed by atoms with Crippen LogP contribution in [0.4, 0.5) is 5.82 Å². The minimum absolute atomic E-state index is 0.420. The van der Waals surface area contributed by atoms with E-state index in [1.807, 2.05) is 72.4 Å². The van der Waals surface area contributed by atoms with Crippen LogP contribution >= 0.6 is 0 Å². The van der Waals surface area contributed by atoms with Crippen LogP contribution in [0.3, 0.4) is 0 Å². The third-order valence-electron chi connectivity index (χ3n) is 4.83. The molecule has 0 bridgehead atoms. The lowest BCUT2D eigenvalue weighted by Crippen LogP contribution is -2.48. The van der Waals surface area contributed by atoms with E-state index in [2.05, 4.69) is 14.9 Å². The van der Waals surface area contributed by atoms with Crippen molar-refractivity contribution in [3.63, 3.8) is 0 Å². The third kappa shape index (κ3) is 4.55. The topological polar surface area (TPSA) is 71.3 Å². The molecule has 0 radical (unpaired) electrons. The van der Waals surface area contributed by atoms with Gasteiger partial charge in [-0.2, -0.15) is 4.31 Å². The number of anilines is 1. The van der Waals surface area contributed by atoms with E-state index in [9.17, 15) is 8.42 Å². The molecule has 0 unspecified atom stereocenters. The largest absolute Gasteiger partial charge is 0.354 e. The van der Waals surface area contributed by atoms with Crippen LogP contribution in [0.15, 0.2) is 66.3 Å². The molecule has 150 valence electrons. The van der Waals surface area contributed by atoms with Crippen molar-refractivity contribution in [1.82, 2.24) is 18.8 Å². The molecular formula is C21H23N5O2S.